The maximum absolute atomic E-state index is 12.2. The van der Waals surface area contributed by atoms with E-state index in [0.717, 1.165) is 50.1 Å². The van der Waals surface area contributed by atoms with Crippen molar-refractivity contribution >= 4 is 22.4 Å². The molecule has 3 rings (SSSR count). The topological polar surface area (TPSA) is 52.7 Å². The van der Waals surface area contributed by atoms with Gasteiger partial charge in [-0.15, -0.1) is 12.4 Å². The molecule has 1 N–H and O–H groups in total. The summed E-state index contributed by atoms with van der Waals surface area (Å²) in [5.74, 6) is 1.58. The summed E-state index contributed by atoms with van der Waals surface area (Å²) in [7, 11) is -0.211. The summed E-state index contributed by atoms with van der Waals surface area (Å²) in [5.41, 5.74) is 1.08. The minimum Gasteiger partial charge on any atom is -0.316 e. The van der Waals surface area contributed by atoms with Gasteiger partial charge in [-0.3, -0.25) is 4.90 Å². The standard InChI is InChI=1S/C16H25N3O2S.ClH/c1-18(2)22(20,21)16-5-3-4-13(8-16)11-19-7-6-14-9-17-10-15(14)12-19;/h3-5,8,14-15,17H,6-7,9-12H2,1-2H3;1H. The van der Waals surface area contributed by atoms with Crippen LogP contribution in [0.15, 0.2) is 29.2 Å². The van der Waals surface area contributed by atoms with Gasteiger partial charge in [0.25, 0.3) is 0 Å². The van der Waals surface area contributed by atoms with E-state index in [4.69, 9.17) is 0 Å². The number of nitrogens with zero attached hydrogens (tertiary/aromatic N) is 2. The van der Waals surface area contributed by atoms with E-state index < -0.39 is 10.0 Å². The molecule has 5 nitrogen and oxygen atoms in total. The molecule has 2 heterocycles. The number of halogens is 1. The van der Waals surface area contributed by atoms with Gasteiger partial charge in [0.2, 0.25) is 10.0 Å². The van der Waals surface area contributed by atoms with Crippen molar-refractivity contribution < 1.29 is 8.42 Å². The Hall–Kier alpha value is -0.660. The van der Waals surface area contributed by atoms with Crippen molar-refractivity contribution in [2.75, 3.05) is 40.3 Å². The zero-order valence-electron chi connectivity index (χ0n) is 13.7. The molecule has 0 bridgehead atoms. The summed E-state index contributed by atoms with van der Waals surface area (Å²) in [6.45, 7) is 5.33. The number of fused-ring (bicyclic) bond motifs is 1. The SMILES string of the molecule is CN(C)S(=O)(=O)c1cccc(CN2CCC3CNCC3C2)c1.Cl. The Morgan fingerprint density at radius 1 is 1.26 bits per heavy atom. The first-order valence-corrected chi connectivity index (χ1v) is 9.35. The van der Waals surface area contributed by atoms with Crippen molar-refractivity contribution in [2.24, 2.45) is 11.8 Å². The lowest BCUT2D eigenvalue weighted by Crippen LogP contribution is -2.39. The van der Waals surface area contributed by atoms with Crippen LogP contribution >= 0.6 is 12.4 Å². The van der Waals surface area contributed by atoms with Crippen LogP contribution in [0.3, 0.4) is 0 Å². The zero-order valence-corrected chi connectivity index (χ0v) is 15.4. The molecule has 7 heteroatoms. The highest BCUT2D eigenvalue weighted by molar-refractivity contribution is 7.89. The van der Waals surface area contributed by atoms with Gasteiger partial charge in [-0.25, -0.2) is 12.7 Å². The van der Waals surface area contributed by atoms with Gasteiger partial charge in [-0.1, -0.05) is 12.1 Å². The molecule has 2 aliphatic heterocycles. The Balaban J connectivity index is 0.00000192. The van der Waals surface area contributed by atoms with Crippen LogP contribution in [-0.2, 0) is 16.6 Å². The monoisotopic (exact) mass is 359 g/mol. The van der Waals surface area contributed by atoms with Crippen molar-refractivity contribution in [1.29, 1.82) is 0 Å². The van der Waals surface area contributed by atoms with E-state index in [9.17, 15) is 8.42 Å². The second-order valence-corrected chi connectivity index (χ2v) is 8.79. The quantitative estimate of drug-likeness (QED) is 0.883. The second kappa shape index (κ2) is 7.49. The number of benzene rings is 1. The summed E-state index contributed by atoms with van der Waals surface area (Å²) in [6, 6.07) is 7.35. The van der Waals surface area contributed by atoms with Gasteiger partial charge >= 0.3 is 0 Å². The lowest BCUT2D eigenvalue weighted by atomic mass is 9.88. The molecule has 23 heavy (non-hydrogen) atoms. The predicted octanol–water partition coefficient (Wildman–Crippen LogP) is 1.40. The van der Waals surface area contributed by atoms with Crippen molar-refractivity contribution in [3.05, 3.63) is 29.8 Å². The highest BCUT2D eigenvalue weighted by atomic mass is 35.5. The Morgan fingerprint density at radius 3 is 2.74 bits per heavy atom. The maximum atomic E-state index is 12.2. The molecular formula is C16H26ClN3O2S. The van der Waals surface area contributed by atoms with Crippen molar-refractivity contribution in [1.82, 2.24) is 14.5 Å². The minimum atomic E-state index is -3.35. The van der Waals surface area contributed by atoms with Crippen LogP contribution in [0.1, 0.15) is 12.0 Å². The Kier molecular flexibility index (Phi) is 6.08. The molecule has 130 valence electrons. The third-order valence-electron chi connectivity index (χ3n) is 4.87. The zero-order chi connectivity index (χ0) is 15.7. The van der Waals surface area contributed by atoms with Crippen LogP contribution in [0.25, 0.3) is 0 Å². The van der Waals surface area contributed by atoms with E-state index in [2.05, 4.69) is 10.2 Å². The Bertz CT molecular complexity index is 636. The first kappa shape index (κ1) is 18.7. The van der Waals surface area contributed by atoms with Gasteiger partial charge in [-0.05, 0) is 55.6 Å². The van der Waals surface area contributed by atoms with Crippen LogP contribution < -0.4 is 5.32 Å². The third-order valence-corrected chi connectivity index (χ3v) is 6.68. The Morgan fingerprint density at radius 2 is 2.00 bits per heavy atom. The van der Waals surface area contributed by atoms with Crippen molar-refractivity contribution in [3.63, 3.8) is 0 Å². The highest BCUT2D eigenvalue weighted by Crippen LogP contribution is 2.27. The van der Waals surface area contributed by atoms with Crippen LogP contribution in [0.2, 0.25) is 0 Å². The minimum absolute atomic E-state index is 0. The lowest BCUT2D eigenvalue weighted by Gasteiger charge is -2.34. The smallest absolute Gasteiger partial charge is 0.242 e. The van der Waals surface area contributed by atoms with Crippen molar-refractivity contribution in [2.45, 2.75) is 17.9 Å². The van der Waals surface area contributed by atoms with Gasteiger partial charge in [0.1, 0.15) is 0 Å². The average Bonchev–Trinajstić information content (AvgIpc) is 2.95. The van der Waals surface area contributed by atoms with Gasteiger partial charge in [0.15, 0.2) is 0 Å². The fraction of sp³-hybridized carbons (Fsp3) is 0.625. The molecular weight excluding hydrogens is 334 g/mol. The number of likely N-dealkylation sites (tertiary alicyclic amines) is 1. The molecule has 0 aliphatic carbocycles. The largest absolute Gasteiger partial charge is 0.316 e. The molecule has 0 amide bonds. The average molecular weight is 360 g/mol. The number of hydrogen-bond acceptors (Lipinski definition) is 4. The normalized spacial score (nSPS) is 25.2. The van der Waals surface area contributed by atoms with Crippen LogP contribution in [0.5, 0.6) is 0 Å². The number of rotatable bonds is 4. The molecule has 1 aromatic carbocycles. The predicted molar refractivity (Wildman–Crippen MR) is 94.3 cm³/mol. The van der Waals surface area contributed by atoms with Crippen LogP contribution in [0, 0.1) is 11.8 Å². The van der Waals surface area contributed by atoms with E-state index in [-0.39, 0.29) is 12.4 Å². The third kappa shape index (κ3) is 4.06. The second-order valence-electron chi connectivity index (χ2n) is 6.64. The van der Waals surface area contributed by atoms with Gasteiger partial charge < -0.3 is 5.32 Å². The summed E-state index contributed by atoms with van der Waals surface area (Å²) in [5, 5.41) is 3.48. The summed E-state index contributed by atoms with van der Waals surface area (Å²) >= 11 is 0. The Labute approximate surface area is 145 Å². The number of hydrogen-bond donors (Lipinski definition) is 1. The van der Waals surface area contributed by atoms with E-state index in [1.165, 1.54) is 10.7 Å². The van der Waals surface area contributed by atoms with E-state index in [0.29, 0.717) is 4.90 Å². The van der Waals surface area contributed by atoms with Gasteiger partial charge in [0, 0.05) is 27.2 Å². The number of piperidine rings is 1. The lowest BCUT2D eigenvalue weighted by molar-refractivity contribution is 0.142. The first-order valence-electron chi connectivity index (χ1n) is 7.91. The summed E-state index contributed by atoms with van der Waals surface area (Å²) < 4.78 is 25.7. The number of nitrogens with one attached hydrogen (secondary N) is 1. The molecule has 0 saturated carbocycles. The molecule has 2 atom stereocenters. The fourth-order valence-corrected chi connectivity index (χ4v) is 4.50. The molecule has 0 radical (unpaired) electrons. The molecule has 0 aromatic heterocycles. The van der Waals surface area contributed by atoms with Gasteiger partial charge in [0.05, 0.1) is 4.90 Å². The molecule has 2 unspecified atom stereocenters. The molecule has 2 aliphatic rings. The highest BCUT2D eigenvalue weighted by Gasteiger charge is 2.32. The van der Waals surface area contributed by atoms with Crippen molar-refractivity contribution in [3.8, 4) is 0 Å². The molecule has 0 spiro atoms. The summed E-state index contributed by atoms with van der Waals surface area (Å²) in [4.78, 5) is 2.84. The van der Waals surface area contributed by atoms with Gasteiger partial charge in [-0.2, -0.15) is 0 Å². The maximum Gasteiger partial charge on any atom is 0.242 e. The number of sulfonamides is 1. The first-order chi connectivity index (χ1) is 10.5. The molecule has 2 saturated heterocycles. The molecule has 1 aromatic rings. The van der Waals surface area contributed by atoms with E-state index in [1.807, 2.05) is 18.2 Å². The molecule has 2 fully saturated rings. The van der Waals surface area contributed by atoms with E-state index in [1.54, 1.807) is 20.2 Å². The van der Waals surface area contributed by atoms with Crippen LogP contribution in [-0.4, -0.2) is 57.9 Å². The van der Waals surface area contributed by atoms with E-state index >= 15 is 0 Å². The summed E-state index contributed by atoms with van der Waals surface area (Å²) in [6.07, 6.45) is 1.24. The van der Waals surface area contributed by atoms with Crippen LogP contribution in [0.4, 0.5) is 0 Å². The fourth-order valence-electron chi connectivity index (χ4n) is 3.53.